The Morgan fingerprint density at radius 1 is 0.811 bits per heavy atom. The van der Waals surface area contributed by atoms with E-state index in [9.17, 15) is 31.3 Å². The fourth-order valence-electron chi connectivity index (χ4n) is 3.65. The monoisotopic (exact) mass is 562 g/mol. The molecule has 3 rings (SSSR count). The molecule has 1 unspecified atom stereocenters. The van der Waals surface area contributed by atoms with E-state index in [4.69, 9.17) is 0 Å². The highest BCUT2D eigenvalue weighted by Gasteiger charge is 2.77. The van der Waals surface area contributed by atoms with Gasteiger partial charge in [0.15, 0.2) is 8.66 Å². The molecule has 3 aromatic carbocycles. The van der Waals surface area contributed by atoms with Crippen molar-refractivity contribution in [1.29, 1.82) is 0 Å². The van der Waals surface area contributed by atoms with Crippen molar-refractivity contribution >= 4 is 23.7 Å². The van der Waals surface area contributed by atoms with Gasteiger partial charge in [0.2, 0.25) is 0 Å². The van der Waals surface area contributed by atoms with E-state index in [0.717, 1.165) is 43.3 Å². The second-order valence-electron chi connectivity index (χ2n) is 7.96. The predicted octanol–water partition coefficient (Wildman–Crippen LogP) is 7.29. The summed E-state index contributed by atoms with van der Waals surface area (Å²) >= 11 is 0. The molecule has 0 aliphatic rings. The maximum atomic E-state index is 16.2. The van der Waals surface area contributed by atoms with Gasteiger partial charge in [-0.1, -0.05) is 70.2 Å². The first kappa shape index (κ1) is 28.5. The Labute approximate surface area is 210 Å². The summed E-state index contributed by atoms with van der Waals surface area (Å²) in [6.07, 6.45) is -10.5. The quantitative estimate of drug-likeness (QED) is 0.130. The molecule has 200 valence electrons. The number of alkyl halides is 5. The van der Waals surface area contributed by atoms with Crippen molar-refractivity contribution in [2.45, 2.75) is 39.1 Å². The summed E-state index contributed by atoms with van der Waals surface area (Å²) in [5, 5.41) is -5.96. The van der Waals surface area contributed by atoms with Gasteiger partial charge in [0.25, 0.3) is 6.10 Å². The summed E-state index contributed by atoms with van der Waals surface area (Å²) < 4.78 is 116. The lowest BCUT2D eigenvalue weighted by Gasteiger charge is -2.57. The Bertz CT molecular complexity index is 1240. The first-order valence-electron chi connectivity index (χ1n) is 10.5. The van der Waals surface area contributed by atoms with Gasteiger partial charge in [-0.2, -0.15) is 22.0 Å². The summed E-state index contributed by atoms with van der Waals surface area (Å²) in [4.78, 5) is 10.9. The fraction of sp³-hybridized carbons (Fsp3) is 0.160. The van der Waals surface area contributed by atoms with Gasteiger partial charge in [0.1, 0.15) is 0 Å². The molecule has 1 atom stereocenters. The van der Waals surface area contributed by atoms with Crippen molar-refractivity contribution in [2.24, 2.45) is 0 Å². The van der Waals surface area contributed by atoms with Gasteiger partial charge < -0.3 is 4.74 Å². The first-order valence-corrected chi connectivity index (χ1v) is 14.5. The maximum Gasteiger partial charge on any atom is 0.432 e. The molecule has 0 fully saturated rings. The van der Waals surface area contributed by atoms with Crippen LogP contribution in [0.25, 0.3) is 0 Å². The summed E-state index contributed by atoms with van der Waals surface area (Å²) in [6.45, 7) is 3.98. The smallest absolute Gasteiger partial charge is 0.432 e. The largest absolute Gasteiger partial charge is 0.441 e. The number of halogens is 5. The Balaban J connectivity index is 2.53. The van der Waals surface area contributed by atoms with E-state index < -0.39 is 46.8 Å². The third-order valence-corrected chi connectivity index (χ3v) is 15.3. The average molecular weight is 563 g/mol. The molecule has 0 spiro atoms. The summed E-state index contributed by atoms with van der Waals surface area (Å²) in [7, 11) is -12.4. The molecule has 0 bridgehead atoms. The van der Waals surface area contributed by atoms with Gasteiger partial charge in [0, 0.05) is 20.3 Å². The Kier molecular flexibility index (Phi) is 7.45. The maximum absolute atomic E-state index is 16.2. The highest BCUT2D eigenvalue weighted by molar-refractivity contribution is 8.97. The van der Waals surface area contributed by atoms with Crippen LogP contribution >= 0.6 is 9.06 Å². The molecule has 0 radical (unpaired) electrons. The third kappa shape index (κ3) is 4.58. The minimum Gasteiger partial charge on any atom is -0.441 e. The molecule has 0 saturated heterocycles. The van der Waals surface area contributed by atoms with Crippen molar-refractivity contribution in [1.82, 2.24) is 0 Å². The SMILES string of the molecule is C=C(C)C(=O)OC(C(F)(F)F)C(F)(F)S(=O)(O)(O)S(c1ccccc1)(c1ccccc1)c1ccccc1. The molecule has 5 nitrogen and oxygen atoms in total. The van der Waals surface area contributed by atoms with E-state index >= 15 is 8.78 Å². The van der Waals surface area contributed by atoms with Crippen LogP contribution < -0.4 is 0 Å². The molecule has 0 aromatic heterocycles. The van der Waals surface area contributed by atoms with Gasteiger partial charge in [-0.15, -0.1) is 0 Å². The van der Waals surface area contributed by atoms with E-state index in [2.05, 4.69) is 11.3 Å². The van der Waals surface area contributed by atoms with Crippen LogP contribution in [0, 0.1) is 0 Å². The second-order valence-corrected chi connectivity index (χ2v) is 15.9. The van der Waals surface area contributed by atoms with Crippen LogP contribution in [-0.4, -0.2) is 36.8 Å². The van der Waals surface area contributed by atoms with Gasteiger partial charge >= 0.3 is 17.4 Å². The second kappa shape index (κ2) is 9.67. The lowest BCUT2D eigenvalue weighted by Crippen LogP contribution is -2.63. The fourth-order valence-corrected chi connectivity index (χ4v) is 13.4. The zero-order valence-electron chi connectivity index (χ0n) is 19.3. The number of rotatable bonds is 8. The first-order chi connectivity index (χ1) is 17.1. The molecule has 2 N–H and O–H groups in total. The standard InChI is InChI=1S/C25H23F5O5S2/c1-18(2)22(31)35-23(24(26,27)28)25(29,30)37(32,33,34)36(19-12-6-3-7-13-19,20-14-8-4-9-15-20)21-16-10-5-11-17-21/h3-17,23H,1H2,2H3,(H2,32,33,34). The number of hydrogen-bond donors (Lipinski definition) is 2. The lowest BCUT2D eigenvalue weighted by molar-refractivity contribution is -0.258. The number of esters is 1. The van der Waals surface area contributed by atoms with E-state index in [-0.39, 0.29) is 14.7 Å². The Morgan fingerprint density at radius 2 is 1.14 bits per heavy atom. The topological polar surface area (TPSA) is 83.8 Å². The van der Waals surface area contributed by atoms with Gasteiger partial charge in [-0.3, -0.25) is 9.11 Å². The number of carbonyl (C=O) groups excluding carboxylic acids is 1. The minimum atomic E-state index is -7.91. The van der Waals surface area contributed by atoms with Crippen LogP contribution in [0.15, 0.2) is 118 Å². The molecule has 3 aromatic rings. The number of carbonyl (C=O) groups is 1. The summed E-state index contributed by atoms with van der Waals surface area (Å²) in [5.74, 6) is -1.88. The van der Waals surface area contributed by atoms with E-state index in [1.807, 2.05) is 0 Å². The highest BCUT2D eigenvalue weighted by Crippen LogP contribution is 2.82. The minimum absolute atomic E-state index is 0.332. The molecule has 12 heteroatoms. The van der Waals surface area contributed by atoms with Crippen molar-refractivity contribution in [3.05, 3.63) is 103 Å². The van der Waals surface area contributed by atoms with Crippen molar-refractivity contribution < 1.29 is 44.8 Å². The Hall–Kier alpha value is -3.06. The van der Waals surface area contributed by atoms with Gasteiger partial charge in [-0.05, 0) is 43.3 Å². The van der Waals surface area contributed by atoms with Crippen LogP contribution in [0.4, 0.5) is 22.0 Å². The molecule has 0 saturated carbocycles. The van der Waals surface area contributed by atoms with E-state index in [0.29, 0.717) is 0 Å². The highest BCUT2D eigenvalue weighted by atomic mass is 33.2. The number of hydrogen-bond acceptors (Lipinski definition) is 3. The van der Waals surface area contributed by atoms with E-state index in [1.54, 1.807) is 0 Å². The van der Waals surface area contributed by atoms with Gasteiger partial charge in [-0.25, -0.2) is 9.00 Å². The zero-order valence-corrected chi connectivity index (χ0v) is 20.9. The number of benzene rings is 3. The average Bonchev–Trinajstić information content (AvgIpc) is 2.83. The summed E-state index contributed by atoms with van der Waals surface area (Å²) in [5.41, 5.74) is -0.669. The predicted molar refractivity (Wildman–Crippen MR) is 131 cm³/mol. The molecular formula is C25H23F5O5S2. The number of ether oxygens (including phenoxy) is 1. The van der Waals surface area contributed by atoms with Crippen molar-refractivity contribution in [3.8, 4) is 0 Å². The van der Waals surface area contributed by atoms with Crippen LogP contribution in [0.3, 0.4) is 0 Å². The van der Waals surface area contributed by atoms with Crippen LogP contribution in [-0.2, 0) is 18.2 Å². The molecule has 0 aliphatic carbocycles. The van der Waals surface area contributed by atoms with E-state index in [1.165, 1.54) is 54.6 Å². The van der Waals surface area contributed by atoms with Gasteiger partial charge in [0.05, 0.1) is 0 Å². The molecule has 37 heavy (non-hydrogen) atoms. The lowest BCUT2D eigenvalue weighted by atomic mass is 10.3. The normalized spacial score (nSPS) is 15.2. The molecule has 0 heterocycles. The Morgan fingerprint density at radius 3 is 1.41 bits per heavy atom. The third-order valence-electron chi connectivity index (χ3n) is 5.32. The summed E-state index contributed by atoms with van der Waals surface area (Å²) in [6, 6.07) is 19.3. The van der Waals surface area contributed by atoms with Crippen molar-refractivity contribution in [3.63, 3.8) is 0 Å². The van der Waals surface area contributed by atoms with Crippen LogP contribution in [0.1, 0.15) is 6.92 Å². The zero-order chi connectivity index (χ0) is 27.7. The van der Waals surface area contributed by atoms with Crippen molar-refractivity contribution in [2.75, 3.05) is 0 Å². The molecular weight excluding hydrogens is 539 g/mol. The molecule has 0 aliphatic heterocycles. The van der Waals surface area contributed by atoms with Crippen LogP contribution in [0.5, 0.6) is 0 Å². The van der Waals surface area contributed by atoms with Crippen LogP contribution in [0.2, 0.25) is 0 Å². The molecule has 0 amide bonds.